The number of carbonyl (C=O) groups is 1. The molecule has 0 atom stereocenters. The maximum Gasteiger partial charge on any atom is 0.318 e. The van der Waals surface area contributed by atoms with Crippen LogP contribution < -0.4 is 10.6 Å². The molecule has 0 fully saturated rings. The fourth-order valence-electron chi connectivity index (χ4n) is 0.629. The Labute approximate surface area is 64.6 Å². The number of rotatable bonds is 1. The molecule has 1 aromatic heterocycles. The Bertz CT molecular complexity index is 235. The van der Waals surface area contributed by atoms with Crippen molar-refractivity contribution in [3.05, 3.63) is 24.5 Å². The quantitative estimate of drug-likeness (QED) is 0.624. The highest BCUT2D eigenvalue weighted by Crippen LogP contribution is 2.01. The van der Waals surface area contributed by atoms with Gasteiger partial charge in [0.05, 0.1) is 0 Å². The molecule has 0 bridgehead atoms. The molecule has 1 aromatic rings. The molecule has 0 aliphatic heterocycles. The Kier molecular flexibility index (Phi) is 2.43. The first kappa shape index (κ1) is 7.53. The van der Waals surface area contributed by atoms with Gasteiger partial charge in [-0.2, -0.15) is 0 Å². The molecule has 1 rings (SSSR count). The second-order valence-corrected chi connectivity index (χ2v) is 1.94. The molecular formula is C7H9N3O. The fourth-order valence-corrected chi connectivity index (χ4v) is 0.629. The normalized spacial score (nSPS) is 8.82. The van der Waals surface area contributed by atoms with Gasteiger partial charge in [-0.25, -0.2) is 4.79 Å². The number of amides is 2. The summed E-state index contributed by atoms with van der Waals surface area (Å²) < 4.78 is 0. The summed E-state index contributed by atoms with van der Waals surface area (Å²) in [5, 5.41) is 5.04. The third-order valence-corrected chi connectivity index (χ3v) is 1.17. The summed E-state index contributed by atoms with van der Waals surface area (Å²) in [7, 11) is 1.57. The van der Waals surface area contributed by atoms with Crippen LogP contribution in [-0.4, -0.2) is 18.1 Å². The van der Waals surface area contributed by atoms with Crippen molar-refractivity contribution in [2.75, 3.05) is 12.4 Å². The van der Waals surface area contributed by atoms with E-state index < -0.39 is 0 Å². The van der Waals surface area contributed by atoms with Crippen molar-refractivity contribution in [2.45, 2.75) is 0 Å². The lowest BCUT2D eigenvalue weighted by atomic mass is 10.4. The summed E-state index contributed by atoms with van der Waals surface area (Å²) in [5.74, 6) is 0. The van der Waals surface area contributed by atoms with E-state index in [1.807, 2.05) is 0 Å². The molecular weight excluding hydrogens is 142 g/mol. The van der Waals surface area contributed by atoms with Crippen LogP contribution in [0.15, 0.2) is 24.5 Å². The predicted molar refractivity (Wildman–Crippen MR) is 42.3 cm³/mol. The van der Waals surface area contributed by atoms with Gasteiger partial charge in [0.2, 0.25) is 0 Å². The zero-order valence-corrected chi connectivity index (χ0v) is 6.16. The van der Waals surface area contributed by atoms with Crippen molar-refractivity contribution < 1.29 is 4.79 Å². The molecule has 0 spiro atoms. The fraction of sp³-hybridized carbons (Fsp3) is 0.143. The van der Waals surface area contributed by atoms with Crippen molar-refractivity contribution in [3.8, 4) is 0 Å². The minimum absolute atomic E-state index is 0.226. The van der Waals surface area contributed by atoms with E-state index >= 15 is 0 Å². The van der Waals surface area contributed by atoms with Crippen molar-refractivity contribution >= 4 is 11.7 Å². The van der Waals surface area contributed by atoms with Crippen molar-refractivity contribution in [2.24, 2.45) is 0 Å². The van der Waals surface area contributed by atoms with Gasteiger partial charge in [-0.15, -0.1) is 0 Å². The van der Waals surface area contributed by atoms with Crippen LogP contribution in [0.4, 0.5) is 10.5 Å². The average molecular weight is 151 g/mol. The third kappa shape index (κ3) is 2.25. The molecule has 4 heteroatoms. The molecule has 4 nitrogen and oxygen atoms in total. The molecule has 58 valence electrons. The number of pyridine rings is 1. The standard InChI is InChI=1S/C7H9N3O/c1-8-7(11)10-6-2-4-9-5-3-6/h2-5H,1H3,(H2,8,9,10,11). The number of urea groups is 1. The summed E-state index contributed by atoms with van der Waals surface area (Å²) in [5.41, 5.74) is 0.736. The van der Waals surface area contributed by atoms with E-state index in [0.717, 1.165) is 5.69 Å². The van der Waals surface area contributed by atoms with Gasteiger partial charge in [-0.3, -0.25) is 4.98 Å². The van der Waals surface area contributed by atoms with E-state index in [9.17, 15) is 4.79 Å². The topological polar surface area (TPSA) is 54.0 Å². The van der Waals surface area contributed by atoms with Crippen LogP contribution in [0.5, 0.6) is 0 Å². The molecule has 0 saturated carbocycles. The zero-order valence-electron chi connectivity index (χ0n) is 6.16. The monoisotopic (exact) mass is 151 g/mol. The summed E-state index contributed by atoms with van der Waals surface area (Å²) >= 11 is 0. The van der Waals surface area contributed by atoms with Gasteiger partial charge in [-0.05, 0) is 12.1 Å². The van der Waals surface area contributed by atoms with E-state index in [2.05, 4.69) is 15.6 Å². The molecule has 0 saturated heterocycles. The third-order valence-electron chi connectivity index (χ3n) is 1.17. The summed E-state index contributed by atoms with van der Waals surface area (Å²) in [6, 6.07) is 3.21. The van der Waals surface area contributed by atoms with Crippen molar-refractivity contribution in [1.29, 1.82) is 0 Å². The van der Waals surface area contributed by atoms with Crippen molar-refractivity contribution in [3.63, 3.8) is 0 Å². The van der Waals surface area contributed by atoms with E-state index in [-0.39, 0.29) is 6.03 Å². The Morgan fingerprint density at radius 1 is 1.45 bits per heavy atom. The molecule has 0 unspecified atom stereocenters. The molecule has 0 aliphatic rings. The first-order valence-electron chi connectivity index (χ1n) is 3.21. The van der Waals surface area contributed by atoms with Crippen LogP contribution in [0.2, 0.25) is 0 Å². The number of anilines is 1. The number of hydrogen-bond donors (Lipinski definition) is 2. The number of hydrogen-bond acceptors (Lipinski definition) is 2. The average Bonchev–Trinajstić information content (AvgIpc) is 2.06. The van der Waals surface area contributed by atoms with Gasteiger partial charge in [0, 0.05) is 25.1 Å². The Balaban J connectivity index is 2.58. The van der Waals surface area contributed by atoms with Crippen LogP contribution in [0.3, 0.4) is 0 Å². The van der Waals surface area contributed by atoms with Crippen molar-refractivity contribution in [1.82, 2.24) is 10.3 Å². The zero-order chi connectivity index (χ0) is 8.10. The first-order valence-corrected chi connectivity index (χ1v) is 3.21. The van der Waals surface area contributed by atoms with Gasteiger partial charge in [0.25, 0.3) is 0 Å². The predicted octanol–water partition coefficient (Wildman–Crippen LogP) is 0.833. The van der Waals surface area contributed by atoms with Crippen LogP contribution in [0.25, 0.3) is 0 Å². The van der Waals surface area contributed by atoms with Gasteiger partial charge in [-0.1, -0.05) is 0 Å². The van der Waals surface area contributed by atoms with Crippen LogP contribution in [0, 0.1) is 0 Å². The lowest BCUT2D eigenvalue weighted by Crippen LogP contribution is -2.24. The largest absolute Gasteiger partial charge is 0.341 e. The number of nitrogens with zero attached hydrogens (tertiary/aromatic N) is 1. The molecule has 2 amide bonds. The Hall–Kier alpha value is -1.58. The smallest absolute Gasteiger partial charge is 0.318 e. The molecule has 0 radical (unpaired) electrons. The lowest BCUT2D eigenvalue weighted by Gasteiger charge is -2.01. The second-order valence-electron chi connectivity index (χ2n) is 1.94. The maximum absolute atomic E-state index is 10.7. The molecule has 1 heterocycles. The lowest BCUT2D eigenvalue weighted by molar-refractivity contribution is 0.254. The van der Waals surface area contributed by atoms with Gasteiger partial charge in [0.1, 0.15) is 0 Å². The summed E-state index contributed by atoms with van der Waals surface area (Å²) in [6.07, 6.45) is 3.23. The molecule has 0 aliphatic carbocycles. The van der Waals surface area contributed by atoms with Gasteiger partial charge >= 0.3 is 6.03 Å². The summed E-state index contributed by atoms with van der Waals surface area (Å²) in [4.78, 5) is 14.5. The van der Waals surface area contributed by atoms with E-state index in [0.29, 0.717) is 0 Å². The minimum Gasteiger partial charge on any atom is -0.341 e. The number of carbonyl (C=O) groups excluding carboxylic acids is 1. The molecule has 0 aromatic carbocycles. The highest BCUT2D eigenvalue weighted by molar-refractivity contribution is 5.88. The first-order chi connectivity index (χ1) is 5.33. The van der Waals surface area contributed by atoms with Crippen LogP contribution >= 0.6 is 0 Å². The number of nitrogens with one attached hydrogen (secondary N) is 2. The van der Waals surface area contributed by atoms with Crippen LogP contribution in [0.1, 0.15) is 0 Å². The van der Waals surface area contributed by atoms with E-state index in [1.165, 1.54) is 0 Å². The second kappa shape index (κ2) is 3.55. The minimum atomic E-state index is -0.226. The van der Waals surface area contributed by atoms with Gasteiger partial charge in [0.15, 0.2) is 0 Å². The highest BCUT2D eigenvalue weighted by atomic mass is 16.2. The van der Waals surface area contributed by atoms with E-state index in [4.69, 9.17) is 0 Å². The Morgan fingerprint density at radius 3 is 2.64 bits per heavy atom. The van der Waals surface area contributed by atoms with Crippen LogP contribution in [-0.2, 0) is 0 Å². The van der Waals surface area contributed by atoms with E-state index in [1.54, 1.807) is 31.6 Å². The maximum atomic E-state index is 10.7. The Morgan fingerprint density at radius 2 is 2.09 bits per heavy atom. The molecule has 11 heavy (non-hydrogen) atoms. The summed E-state index contributed by atoms with van der Waals surface area (Å²) in [6.45, 7) is 0. The molecule has 2 N–H and O–H groups in total. The van der Waals surface area contributed by atoms with Gasteiger partial charge < -0.3 is 10.6 Å². The SMILES string of the molecule is CNC(=O)Nc1ccncc1. The highest BCUT2D eigenvalue weighted by Gasteiger charge is 1.94. The number of aromatic nitrogens is 1.